The van der Waals surface area contributed by atoms with Crippen molar-refractivity contribution in [3.8, 4) is 0 Å². The molecule has 1 saturated heterocycles. The van der Waals surface area contributed by atoms with Crippen LogP contribution in [0.1, 0.15) is 35.5 Å². The maximum Gasteiger partial charge on any atom is 0.338 e. The number of aryl methyl sites for hydroxylation is 2. The van der Waals surface area contributed by atoms with Gasteiger partial charge in [0.2, 0.25) is 0 Å². The lowest BCUT2D eigenvalue weighted by Gasteiger charge is -2.21. The molecule has 2 aliphatic rings. The van der Waals surface area contributed by atoms with Gasteiger partial charge in [-0.3, -0.25) is 0 Å². The first-order chi connectivity index (χ1) is 12.2. The van der Waals surface area contributed by atoms with Crippen LogP contribution in [-0.4, -0.2) is 41.9 Å². The molecule has 0 amide bonds. The Balaban J connectivity index is 1.52. The highest BCUT2D eigenvalue weighted by atomic mass is 32.1. The fourth-order valence-corrected chi connectivity index (χ4v) is 4.61. The molecule has 0 unspecified atom stereocenters. The summed E-state index contributed by atoms with van der Waals surface area (Å²) < 4.78 is 15.8. The zero-order chi connectivity index (χ0) is 17.2. The lowest BCUT2D eigenvalue weighted by atomic mass is 10.1. The van der Waals surface area contributed by atoms with Crippen LogP contribution in [0, 0.1) is 0 Å². The van der Waals surface area contributed by atoms with E-state index in [1.807, 2.05) is 0 Å². The first-order valence-electron chi connectivity index (χ1n) is 8.65. The molecule has 8 heteroatoms. The van der Waals surface area contributed by atoms with Crippen molar-refractivity contribution in [1.29, 1.82) is 0 Å². The highest BCUT2D eigenvalue weighted by molar-refractivity contribution is 7.19. The van der Waals surface area contributed by atoms with E-state index in [1.54, 1.807) is 11.3 Å². The van der Waals surface area contributed by atoms with Crippen molar-refractivity contribution in [3.63, 3.8) is 0 Å². The molecule has 0 radical (unpaired) electrons. The maximum absolute atomic E-state index is 12.0. The van der Waals surface area contributed by atoms with Crippen LogP contribution in [0.2, 0.25) is 0 Å². The first kappa shape index (κ1) is 16.7. The molecule has 4 rings (SSSR count). The van der Waals surface area contributed by atoms with Gasteiger partial charge in [-0.15, -0.1) is 11.3 Å². The normalized spacial score (nSPS) is 20.9. The summed E-state index contributed by atoms with van der Waals surface area (Å²) in [5, 5.41) is 0.987. The Morgan fingerprint density at radius 3 is 2.96 bits per heavy atom. The second-order valence-electron chi connectivity index (χ2n) is 6.31. The number of fused-ring (bicyclic) bond motifs is 3. The van der Waals surface area contributed by atoms with Crippen molar-refractivity contribution < 1.29 is 19.0 Å². The Morgan fingerprint density at radius 2 is 2.12 bits per heavy atom. The van der Waals surface area contributed by atoms with Gasteiger partial charge in [-0.2, -0.15) is 0 Å². The van der Waals surface area contributed by atoms with Crippen molar-refractivity contribution in [2.45, 2.75) is 44.8 Å². The number of nitrogen functional groups attached to an aromatic ring is 1. The summed E-state index contributed by atoms with van der Waals surface area (Å²) >= 11 is 1.69. The smallest absolute Gasteiger partial charge is 0.338 e. The Hall–Kier alpha value is -1.77. The Morgan fingerprint density at radius 1 is 1.24 bits per heavy atom. The molecule has 7 nitrogen and oxygen atoms in total. The topological polar surface area (TPSA) is 96.6 Å². The quantitative estimate of drug-likeness (QED) is 0.658. The summed E-state index contributed by atoms with van der Waals surface area (Å²) in [6, 6.07) is 0. The molecule has 2 N–H and O–H groups in total. The highest BCUT2D eigenvalue weighted by Crippen LogP contribution is 2.37. The summed E-state index contributed by atoms with van der Waals surface area (Å²) in [6.45, 7) is 1.11. The fraction of sp³-hybridized carbons (Fsp3) is 0.588. The van der Waals surface area contributed by atoms with Crippen LogP contribution < -0.4 is 5.73 Å². The van der Waals surface area contributed by atoms with E-state index < -0.39 is 12.1 Å². The van der Waals surface area contributed by atoms with E-state index >= 15 is 0 Å². The van der Waals surface area contributed by atoms with Gasteiger partial charge >= 0.3 is 5.97 Å². The lowest BCUT2D eigenvalue weighted by Crippen LogP contribution is -2.36. The standard InChI is InChI=1S/C17H21N3O4S/c18-15-14-10-4-2-1-3-5-12(10)25-16(14)20-13(19-15)9-24-17(21)11-8-22-6-7-23-11/h11H,1-9H2,(H2,18,19,20)/t11-/m1/s1. The van der Waals surface area contributed by atoms with Crippen LogP contribution >= 0.6 is 11.3 Å². The van der Waals surface area contributed by atoms with E-state index in [1.165, 1.54) is 29.7 Å². The minimum Gasteiger partial charge on any atom is -0.455 e. The van der Waals surface area contributed by atoms with Gasteiger partial charge in [-0.05, 0) is 31.2 Å². The van der Waals surface area contributed by atoms with Crippen LogP contribution in [0.25, 0.3) is 10.2 Å². The maximum atomic E-state index is 12.0. The monoisotopic (exact) mass is 363 g/mol. The van der Waals surface area contributed by atoms with Crippen LogP contribution in [0.15, 0.2) is 0 Å². The number of esters is 1. The van der Waals surface area contributed by atoms with Gasteiger partial charge in [-0.1, -0.05) is 6.42 Å². The molecule has 0 saturated carbocycles. The zero-order valence-corrected chi connectivity index (χ0v) is 14.8. The number of anilines is 1. The largest absolute Gasteiger partial charge is 0.455 e. The van der Waals surface area contributed by atoms with Crippen LogP contribution in [0.3, 0.4) is 0 Å². The molecule has 0 spiro atoms. The van der Waals surface area contributed by atoms with Crippen molar-refractivity contribution in [1.82, 2.24) is 9.97 Å². The van der Waals surface area contributed by atoms with Gasteiger partial charge < -0.3 is 19.9 Å². The molecule has 0 aromatic carbocycles. The van der Waals surface area contributed by atoms with Crippen LogP contribution in [0.5, 0.6) is 0 Å². The first-order valence-corrected chi connectivity index (χ1v) is 9.46. The molecule has 1 aliphatic heterocycles. The van der Waals surface area contributed by atoms with E-state index in [-0.39, 0.29) is 13.2 Å². The average molecular weight is 363 g/mol. The SMILES string of the molecule is Nc1nc(COC(=O)[C@H]2COCCO2)nc2sc3c(c12)CCCCC3. The number of nitrogens with two attached hydrogens (primary N) is 1. The van der Waals surface area contributed by atoms with Gasteiger partial charge in [0.25, 0.3) is 0 Å². The molecule has 1 atom stereocenters. The number of rotatable bonds is 3. The molecular formula is C17H21N3O4S. The third-order valence-corrected chi connectivity index (χ3v) is 5.75. The summed E-state index contributed by atoms with van der Waals surface area (Å²) in [4.78, 5) is 23.2. The average Bonchev–Trinajstić information content (AvgIpc) is 2.82. The third kappa shape index (κ3) is 3.47. The van der Waals surface area contributed by atoms with E-state index in [4.69, 9.17) is 19.9 Å². The number of hydrogen-bond acceptors (Lipinski definition) is 8. The summed E-state index contributed by atoms with van der Waals surface area (Å²) in [5.41, 5.74) is 7.51. The Labute approximate surface area is 149 Å². The second-order valence-corrected chi connectivity index (χ2v) is 7.40. The van der Waals surface area contributed by atoms with Crippen molar-refractivity contribution >= 4 is 33.3 Å². The number of aromatic nitrogens is 2. The Kier molecular flexibility index (Phi) is 4.82. The molecular weight excluding hydrogens is 342 g/mol. The summed E-state index contributed by atoms with van der Waals surface area (Å²) in [7, 11) is 0. The predicted molar refractivity (Wildman–Crippen MR) is 93.4 cm³/mol. The zero-order valence-electron chi connectivity index (χ0n) is 14.0. The van der Waals surface area contributed by atoms with Crippen LogP contribution in [0.4, 0.5) is 5.82 Å². The molecule has 2 aromatic rings. The molecule has 0 bridgehead atoms. The fourth-order valence-electron chi connectivity index (χ4n) is 3.33. The number of hydrogen-bond donors (Lipinski definition) is 1. The molecule has 1 aliphatic carbocycles. The number of carbonyl (C=O) groups is 1. The van der Waals surface area contributed by atoms with Crippen molar-refractivity contribution in [3.05, 3.63) is 16.3 Å². The Bertz CT molecular complexity index is 786. The van der Waals surface area contributed by atoms with Gasteiger partial charge in [-0.25, -0.2) is 14.8 Å². The molecule has 1 fully saturated rings. The van der Waals surface area contributed by atoms with Gasteiger partial charge in [0, 0.05) is 4.88 Å². The van der Waals surface area contributed by atoms with E-state index in [0.717, 1.165) is 23.1 Å². The van der Waals surface area contributed by atoms with Gasteiger partial charge in [0.15, 0.2) is 18.5 Å². The number of ether oxygens (including phenoxy) is 3. The van der Waals surface area contributed by atoms with Gasteiger partial charge in [0.05, 0.1) is 25.2 Å². The van der Waals surface area contributed by atoms with E-state index in [2.05, 4.69) is 9.97 Å². The molecule has 25 heavy (non-hydrogen) atoms. The summed E-state index contributed by atoms with van der Waals surface area (Å²) in [6.07, 6.45) is 5.09. The lowest BCUT2D eigenvalue weighted by molar-refractivity contribution is -0.172. The van der Waals surface area contributed by atoms with Crippen molar-refractivity contribution in [2.75, 3.05) is 25.6 Å². The number of nitrogens with zero attached hydrogens (tertiary/aromatic N) is 2. The van der Waals surface area contributed by atoms with E-state index in [0.29, 0.717) is 24.9 Å². The summed E-state index contributed by atoms with van der Waals surface area (Å²) in [5.74, 6) is 0.447. The number of thiophene rings is 1. The van der Waals surface area contributed by atoms with Crippen molar-refractivity contribution in [2.24, 2.45) is 0 Å². The van der Waals surface area contributed by atoms with Crippen LogP contribution in [-0.2, 0) is 38.5 Å². The number of carbonyl (C=O) groups excluding carboxylic acids is 1. The third-order valence-electron chi connectivity index (χ3n) is 4.56. The predicted octanol–water partition coefficient (Wildman–Crippen LogP) is 2.00. The molecule has 134 valence electrons. The highest BCUT2D eigenvalue weighted by Gasteiger charge is 2.25. The minimum atomic E-state index is -0.673. The molecule has 3 heterocycles. The van der Waals surface area contributed by atoms with E-state index in [9.17, 15) is 4.79 Å². The molecule has 2 aromatic heterocycles. The minimum absolute atomic E-state index is 0.0125. The second kappa shape index (κ2) is 7.23. The van der Waals surface area contributed by atoms with Gasteiger partial charge in [0.1, 0.15) is 10.6 Å².